The largest absolute Gasteiger partial charge is 0.497 e. The predicted molar refractivity (Wildman–Crippen MR) is 72.3 cm³/mol. The summed E-state index contributed by atoms with van der Waals surface area (Å²) < 4.78 is 18.8. The fraction of sp³-hybridized carbons (Fsp3) is 0.538. The van der Waals surface area contributed by atoms with E-state index in [1.165, 1.54) is 13.2 Å². The molecule has 2 unspecified atom stereocenters. The molecule has 0 aliphatic rings. The Morgan fingerprint density at radius 3 is 2.65 bits per heavy atom. The summed E-state index contributed by atoms with van der Waals surface area (Å²) in [5.74, 6) is 1.35. The molecule has 4 heteroatoms. The molecule has 0 heterocycles. The molecule has 1 aromatic carbocycles. The van der Waals surface area contributed by atoms with Gasteiger partial charge in [-0.25, -0.2) is 4.39 Å². The second-order valence-electron chi connectivity index (χ2n) is 4.13. The first-order valence-electron chi connectivity index (χ1n) is 5.67. The molecule has 2 atom stereocenters. The van der Waals surface area contributed by atoms with Crippen LogP contribution >= 0.6 is 11.8 Å². The minimum atomic E-state index is -0.222. The summed E-state index contributed by atoms with van der Waals surface area (Å²) in [5.41, 5.74) is 0.679. The zero-order valence-corrected chi connectivity index (χ0v) is 11.6. The molecule has 17 heavy (non-hydrogen) atoms. The Morgan fingerprint density at radius 2 is 2.12 bits per heavy atom. The third-order valence-corrected chi connectivity index (χ3v) is 3.46. The van der Waals surface area contributed by atoms with Crippen LogP contribution in [-0.4, -0.2) is 25.2 Å². The lowest BCUT2D eigenvalue weighted by Gasteiger charge is -2.20. The van der Waals surface area contributed by atoms with Gasteiger partial charge in [0, 0.05) is 29.5 Å². The van der Waals surface area contributed by atoms with E-state index in [9.17, 15) is 4.39 Å². The normalized spacial score (nSPS) is 14.4. The van der Waals surface area contributed by atoms with Crippen LogP contribution in [0.5, 0.6) is 5.75 Å². The van der Waals surface area contributed by atoms with Crippen LogP contribution in [0.3, 0.4) is 0 Å². The van der Waals surface area contributed by atoms with Crippen molar-refractivity contribution in [2.75, 3.05) is 19.1 Å². The topological polar surface area (TPSA) is 21.3 Å². The molecule has 0 amide bonds. The van der Waals surface area contributed by atoms with Crippen molar-refractivity contribution in [2.45, 2.75) is 25.9 Å². The summed E-state index contributed by atoms with van der Waals surface area (Å²) in [5, 5.41) is 3.37. The molecule has 0 aromatic heterocycles. The highest BCUT2D eigenvalue weighted by Crippen LogP contribution is 2.22. The van der Waals surface area contributed by atoms with Crippen LogP contribution in [0.15, 0.2) is 18.2 Å². The fourth-order valence-electron chi connectivity index (χ4n) is 1.80. The van der Waals surface area contributed by atoms with Crippen molar-refractivity contribution in [2.24, 2.45) is 0 Å². The molecule has 0 bridgehead atoms. The Morgan fingerprint density at radius 1 is 1.41 bits per heavy atom. The summed E-state index contributed by atoms with van der Waals surface area (Å²) in [6.07, 6.45) is 2.07. The molecular weight excluding hydrogens is 237 g/mol. The number of thioether (sulfide) groups is 1. The molecule has 0 aliphatic carbocycles. The number of halogens is 1. The van der Waals surface area contributed by atoms with Gasteiger partial charge in [0.15, 0.2) is 0 Å². The molecular formula is C13H20FNOS. The highest BCUT2D eigenvalue weighted by molar-refractivity contribution is 7.98. The Bertz CT molecular complexity index is 359. The van der Waals surface area contributed by atoms with Gasteiger partial charge in [-0.1, -0.05) is 6.07 Å². The van der Waals surface area contributed by atoms with Gasteiger partial charge >= 0.3 is 0 Å². The number of rotatable bonds is 6. The summed E-state index contributed by atoms with van der Waals surface area (Å²) in [7, 11) is 1.54. The van der Waals surface area contributed by atoms with Crippen LogP contribution in [0.4, 0.5) is 4.39 Å². The number of hydrogen-bond donors (Lipinski definition) is 1. The molecule has 0 fully saturated rings. The average Bonchev–Trinajstić information content (AvgIpc) is 2.28. The molecule has 0 saturated heterocycles. The highest BCUT2D eigenvalue weighted by Gasteiger charge is 2.13. The number of nitrogens with one attached hydrogen (secondary N) is 1. The Hall–Kier alpha value is -0.740. The van der Waals surface area contributed by atoms with Crippen LogP contribution in [0.2, 0.25) is 0 Å². The van der Waals surface area contributed by atoms with E-state index in [1.807, 2.05) is 6.92 Å². The van der Waals surface area contributed by atoms with Crippen LogP contribution < -0.4 is 10.1 Å². The van der Waals surface area contributed by atoms with Gasteiger partial charge in [0.05, 0.1) is 7.11 Å². The first kappa shape index (κ1) is 14.3. The van der Waals surface area contributed by atoms with Gasteiger partial charge in [-0.15, -0.1) is 0 Å². The van der Waals surface area contributed by atoms with E-state index in [2.05, 4.69) is 18.5 Å². The smallest absolute Gasteiger partial charge is 0.131 e. The minimum absolute atomic E-state index is 0.00283. The van der Waals surface area contributed by atoms with Gasteiger partial charge in [-0.05, 0) is 26.2 Å². The Labute approximate surface area is 107 Å². The minimum Gasteiger partial charge on any atom is -0.497 e. The van der Waals surface area contributed by atoms with Crippen LogP contribution in [-0.2, 0) is 0 Å². The van der Waals surface area contributed by atoms with Gasteiger partial charge in [-0.2, -0.15) is 11.8 Å². The molecule has 0 radical (unpaired) electrons. The second-order valence-corrected chi connectivity index (χ2v) is 5.04. The fourth-order valence-corrected chi connectivity index (χ4v) is 2.40. The van der Waals surface area contributed by atoms with E-state index in [0.717, 1.165) is 5.75 Å². The van der Waals surface area contributed by atoms with Crippen LogP contribution in [0.1, 0.15) is 25.5 Å². The van der Waals surface area contributed by atoms with E-state index in [1.54, 1.807) is 23.9 Å². The van der Waals surface area contributed by atoms with Crippen molar-refractivity contribution in [1.29, 1.82) is 0 Å². The summed E-state index contributed by atoms with van der Waals surface area (Å²) in [4.78, 5) is 0. The van der Waals surface area contributed by atoms with E-state index in [-0.39, 0.29) is 11.9 Å². The predicted octanol–water partition coefficient (Wildman–Crippen LogP) is 3.24. The van der Waals surface area contributed by atoms with Crippen LogP contribution in [0, 0.1) is 5.82 Å². The summed E-state index contributed by atoms with van der Waals surface area (Å²) >= 11 is 1.78. The highest BCUT2D eigenvalue weighted by atomic mass is 32.2. The van der Waals surface area contributed by atoms with Gasteiger partial charge in [-0.3, -0.25) is 0 Å². The number of benzene rings is 1. The van der Waals surface area contributed by atoms with Gasteiger partial charge in [0.2, 0.25) is 0 Å². The lowest BCUT2D eigenvalue weighted by molar-refractivity contribution is 0.409. The van der Waals surface area contributed by atoms with Crippen molar-refractivity contribution in [3.63, 3.8) is 0 Å². The summed E-state index contributed by atoms with van der Waals surface area (Å²) in [6.45, 7) is 4.08. The second kappa shape index (κ2) is 6.87. The van der Waals surface area contributed by atoms with E-state index >= 15 is 0 Å². The van der Waals surface area contributed by atoms with E-state index in [4.69, 9.17) is 4.74 Å². The van der Waals surface area contributed by atoms with Crippen molar-refractivity contribution in [1.82, 2.24) is 5.32 Å². The van der Waals surface area contributed by atoms with Crippen molar-refractivity contribution < 1.29 is 9.13 Å². The zero-order chi connectivity index (χ0) is 12.8. The van der Waals surface area contributed by atoms with E-state index in [0.29, 0.717) is 17.4 Å². The Kier molecular flexibility index (Phi) is 5.78. The van der Waals surface area contributed by atoms with Gasteiger partial charge in [0.1, 0.15) is 11.6 Å². The third-order valence-electron chi connectivity index (χ3n) is 2.63. The Balaban J connectivity index is 2.71. The summed E-state index contributed by atoms with van der Waals surface area (Å²) in [6, 6.07) is 5.35. The van der Waals surface area contributed by atoms with Crippen molar-refractivity contribution in [3.05, 3.63) is 29.6 Å². The maximum atomic E-state index is 13.8. The molecule has 1 aromatic rings. The standard InChI is InChI=1S/C13H20FNOS/c1-9(8-17-4)15-10(2)12-6-5-11(16-3)7-13(12)14/h5-7,9-10,15H,8H2,1-4H3. The van der Waals surface area contributed by atoms with Gasteiger partial charge in [0.25, 0.3) is 0 Å². The lowest BCUT2D eigenvalue weighted by Crippen LogP contribution is -2.31. The zero-order valence-electron chi connectivity index (χ0n) is 10.8. The molecule has 1 rings (SSSR count). The number of hydrogen-bond acceptors (Lipinski definition) is 3. The van der Waals surface area contributed by atoms with E-state index < -0.39 is 0 Å². The quantitative estimate of drug-likeness (QED) is 0.845. The van der Waals surface area contributed by atoms with Gasteiger partial charge < -0.3 is 10.1 Å². The molecule has 96 valence electrons. The lowest BCUT2D eigenvalue weighted by atomic mass is 10.1. The molecule has 1 N–H and O–H groups in total. The molecule has 0 aliphatic heterocycles. The third kappa shape index (κ3) is 4.21. The average molecular weight is 257 g/mol. The number of methoxy groups -OCH3 is 1. The van der Waals surface area contributed by atoms with Crippen molar-refractivity contribution >= 4 is 11.8 Å². The maximum Gasteiger partial charge on any atom is 0.131 e. The van der Waals surface area contributed by atoms with Crippen LogP contribution in [0.25, 0.3) is 0 Å². The maximum absolute atomic E-state index is 13.8. The molecule has 0 saturated carbocycles. The molecule has 0 spiro atoms. The monoisotopic (exact) mass is 257 g/mol. The number of ether oxygens (including phenoxy) is 1. The SMILES string of the molecule is COc1ccc(C(C)NC(C)CSC)c(F)c1. The molecule has 2 nitrogen and oxygen atoms in total. The van der Waals surface area contributed by atoms with Crippen molar-refractivity contribution in [3.8, 4) is 5.75 Å². The first-order chi connectivity index (χ1) is 8.08. The first-order valence-corrected chi connectivity index (χ1v) is 7.06.